The second kappa shape index (κ2) is 9.95. The van der Waals surface area contributed by atoms with Crippen LogP contribution in [0, 0.1) is 24.0 Å². The van der Waals surface area contributed by atoms with Crippen molar-refractivity contribution < 1.29 is 19.6 Å². The van der Waals surface area contributed by atoms with E-state index >= 15 is 0 Å². The van der Waals surface area contributed by atoms with Crippen LogP contribution in [0.5, 0.6) is 0 Å². The molecule has 0 aliphatic carbocycles. The van der Waals surface area contributed by atoms with Gasteiger partial charge >= 0.3 is 0 Å². The Balaban J connectivity index is 2.19. The Bertz CT molecular complexity index is 1120. The van der Waals surface area contributed by atoms with Gasteiger partial charge in [0.15, 0.2) is 0 Å². The van der Waals surface area contributed by atoms with E-state index in [1.807, 2.05) is 39.8 Å². The Hall–Kier alpha value is -3.52. The minimum Gasteiger partial charge on any atom is -0.507 e. The van der Waals surface area contributed by atoms with Crippen LogP contribution in [0.2, 0.25) is 0 Å². The fraction of sp³-hybridized carbons (Fsp3) is 0.360. The minimum atomic E-state index is -0.916. The molecule has 2 aromatic rings. The smallest absolute Gasteiger partial charge is 0.295 e. The maximum absolute atomic E-state index is 13.2. The minimum absolute atomic E-state index is 0.0475. The van der Waals surface area contributed by atoms with E-state index < -0.39 is 22.7 Å². The Morgan fingerprint density at radius 3 is 2.45 bits per heavy atom. The van der Waals surface area contributed by atoms with Gasteiger partial charge in [0, 0.05) is 30.8 Å². The summed E-state index contributed by atoms with van der Waals surface area (Å²) in [5.74, 6) is -1.77. The van der Waals surface area contributed by atoms with Gasteiger partial charge in [-0.3, -0.25) is 19.7 Å². The summed E-state index contributed by atoms with van der Waals surface area (Å²) in [6, 6.07) is 10.5. The van der Waals surface area contributed by atoms with E-state index in [1.165, 1.54) is 23.1 Å². The highest BCUT2D eigenvalue weighted by Crippen LogP contribution is 2.40. The predicted octanol–water partition coefficient (Wildman–Crippen LogP) is 3.98. The molecule has 3 rings (SSSR count). The SMILES string of the molecule is CCN(CC)CCN1C(=O)C(=O)/C(=C(/O)c2cc(C)ccc2C)C1c1cccc([N+](=O)[O-])c1. The molecule has 1 amide bonds. The first kappa shape index (κ1) is 24.1. The third-order valence-electron chi connectivity index (χ3n) is 6.14. The zero-order chi connectivity index (χ0) is 24.3. The second-order valence-corrected chi connectivity index (χ2v) is 8.19. The number of hydrogen-bond acceptors (Lipinski definition) is 6. The summed E-state index contributed by atoms with van der Waals surface area (Å²) in [7, 11) is 0. The highest BCUT2D eigenvalue weighted by Gasteiger charge is 2.46. The summed E-state index contributed by atoms with van der Waals surface area (Å²) in [5, 5.41) is 22.6. The van der Waals surface area contributed by atoms with E-state index in [1.54, 1.807) is 12.1 Å². The normalized spacial score (nSPS) is 17.7. The van der Waals surface area contributed by atoms with Gasteiger partial charge in [-0.25, -0.2) is 0 Å². The van der Waals surface area contributed by atoms with Crippen molar-refractivity contribution >= 4 is 23.1 Å². The lowest BCUT2D eigenvalue weighted by molar-refractivity contribution is -0.384. The number of hydrogen-bond donors (Lipinski definition) is 1. The van der Waals surface area contributed by atoms with Crippen LogP contribution in [-0.4, -0.2) is 57.7 Å². The quantitative estimate of drug-likeness (QED) is 0.214. The van der Waals surface area contributed by atoms with E-state index in [2.05, 4.69) is 4.90 Å². The number of likely N-dealkylation sites (tertiary alicyclic amines) is 1. The number of rotatable bonds is 8. The molecule has 0 radical (unpaired) electrons. The number of benzene rings is 2. The molecule has 0 spiro atoms. The van der Waals surface area contributed by atoms with Crippen molar-refractivity contribution in [2.45, 2.75) is 33.7 Å². The van der Waals surface area contributed by atoms with Crippen LogP contribution in [0.3, 0.4) is 0 Å². The molecule has 0 aromatic heterocycles. The molecule has 1 aliphatic heterocycles. The van der Waals surface area contributed by atoms with Crippen molar-refractivity contribution in [1.82, 2.24) is 9.80 Å². The molecule has 8 heteroatoms. The molecule has 8 nitrogen and oxygen atoms in total. The first-order chi connectivity index (χ1) is 15.7. The van der Waals surface area contributed by atoms with E-state index in [0.717, 1.165) is 24.2 Å². The summed E-state index contributed by atoms with van der Waals surface area (Å²) >= 11 is 0. The molecular weight excluding hydrogens is 422 g/mol. The van der Waals surface area contributed by atoms with Gasteiger partial charge in [0.25, 0.3) is 17.4 Å². The lowest BCUT2D eigenvalue weighted by atomic mass is 9.93. The van der Waals surface area contributed by atoms with Crippen molar-refractivity contribution in [1.29, 1.82) is 0 Å². The number of aryl methyl sites for hydroxylation is 2. The molecule has 1 aliphatic rings. The predicted molar refractivity (Wildman–Crippen MR) is 126 cm³/mol. The van der Waals surface area contributed by atoms with Crippen molar-refractivity contribution in [2.75, 3.05) is 26.2 Å². The summed E-state index contributed by atoms with van der Waals surface area (Å²) in [6.45, 7) is 10.1. The first-order valence-electron chi connectivity index (χ1n) is 11.0. The van der Waals surface area contributed by atoms with Crippen LogP contribution in [0.25, 0.3) is 5.76 Å². The summed E-state index contributed by atoms with van der Waals surface area (Å²) in [6.07, 6.45) is 0. The number of ketones is 1. The molecule has 174 valence electrons. The number of aliphatic hydroxyl groups excluding tert-OH is 1. The molecule has 1 heterocycles. The van der Waals surface area contributed by atoms with E-state index in [9.17, 15) is 24.8 Å². The Labute approximate surface area is 193 Å². The summed E-state index contributed by atoms with van der Waals surface area (Å²) in [5.41, 5.74) is 2.33. The third kappa shape index (κ3) is 4.80. The maximum atomic E-state index is 13.2. The Kier molecular flexibility index (Phi) is 7.28. The van der Waals surface area contributed by atoms with Crippen molar-refractivity contribution in [2.24, 2.45) is 0 Å². The number of aliphatic hydroxyl groups is 1. The van der Waals surface area contributed by atoms with E-state index in [0.29, 0.717) is 17.7 Å². The maximum Gasteiger partial charge on any atom is 0.295 e. The number of non-ortho nitro benzene ring substituents is 1. The number of nitro groups is 1. The number of carbonyl (C=O) groups excluding carboxylic acids is 2. The molecule has 1 saturated heterocycles. The number of Topliss-reactive ketones (excluding diaryl/α,β-unsaturated/α-hetero) is 1. The standard InChI is InChI=1S/C25H29N3O5/c1-5-26(6-2)12-13-27-22(18-8-7-9-19(15-18)28(32)33)21(24(30)25(27)31)23(29)20-14-16(3)10-11-17(20)4/h7-11,14-15,22,29H,5-6,12-13H2,1-4H3/b23-21+. The fourth-order valence-corrected chi connectivity index (χ4v) is 4.19. The molecule has 1 unspecified atom stereocenters. The van der Waals surface area contributed by atoms with Gasteiger partial charge < -0.3 is 14.9 Å². The molecule has 0 saturated carbocycles. The lowest BCUT2D eigenvalue weighted by Crippen LogP contribution is -2.38. The molecule has 1 atom stereocenters. The van der Waals surface area contributed by atoms with Crippen LogP contribution < -0.4 is 0 Å². The fourth-order valence-electron chi connectivity index (χ4n) is 4.19. The Morgan fingerprint density at radius 1 is 1.12 bits per heavy atom. The number of nitrogens with zero attached hydrogens (tertiary/aromatic N) is 3. The van der Waals surface area contributed by atoms with Crippen LogP contribution in [0.4, 0.5) is 5.69 Å². The largest absolute Gasteiger partial charge is 0.507 e. The topological polar surface area (TPSA) is 104 Å². The molecule has 0 bridgehead atoms. The lowest BCUT2D eigenvalue weighted by Gasteiger charge is -2.28. The van der Waals surface area contributed by atoms with Gasteiger partial charge in [0.05, 0.1) is 16.5 Å². The van der Waals surface area contributed by atoms with Gasteiger partial charge in [-0.15, -0.1) is 0 Å². The molecule has 2 aromatic carbocycles. The first-order valence-corrected chi connectivity index (χ1v) is 11.0. The highest BCUT2D eigenvalue weighted by molar-refractivity contribution is 6.46. The van der Waals surface area contributed by atoms with Gasteiger partial charge in [-0.2, -0.15) is 0 Å². The van der Waals surface area contributed by atoms with Crippen molar-refractivity contribution in [3.05, 3.63) is 80.4 Å². The average Bonchev–Trinajstić information content (AvgIpc) is 3.06. The van der Waals surface area contributed by atoms with Crippen LogP contribution in [0.15, 0.2) is 48.0 Å². The average molecular weight is 452 g/mol. The third-order valence-corrected chi connectivity index (χ3v) is 6.14. The van der Waals surface area contributed by atoms with Crippen LogP contribution in [-0.2, 0) is 9.59 Å². The number of carbonyl (C=O) groups is 2. The van der Waals surface area contributed by atoms with Gasteiger partial charge in [0.2, 0.25) is 0 Å². The second-order valence-electron chi connectivity index (χ2n) is 8.19. The molecule has 1 N–H and O–H groups in total. The van der Waals surface area contributed by atoms with Crippen molar-refractivity contribution in [3.8, 4) is 0 Å². The number of likely N-dealkylation sites (N-methyl/N-ethyl adjacent to an activating group) is 1. The number of amides is 1. The monoisotopic (exact) mass is 451 g/mol. The molecular formula is C25H29N3O5. The highest BCUT2D eigenvalue weighted by atomic mass is 16.6. The summed E-state index contributed by atoms with van der Waals surface area (Å²) < 4.78 is 0. The zero-order valence-electron chi connectivity index (χ0n) is 19.4. The van der Waals surface area contributed by atoms with E-state index in [4.69, 9.17) is 0 Å². The van der Waals surface area contributed by atoms with Crippen LogP contribution >= 0.6 is 0 Å². The zero-order valence-corrected chi connectivity index (χ0v) is 19.4. The molecule has 1 fully saturated rings. The molecule has 33 heavy (non-hydrogen) atoms. The Morgan fingerprint density at radius 2 is 1.82 bits per heavy atom. The van der Waals surface area contributed by atoms with Crippen molar-refractivity contribution in [3.63, 3.8) is 0 Å². The van der Waals surface area contributed by atoms with E-state index in [-0.39, 0.29) is 23.6 Å². The summed E-state index contributed by atoms with van der Waals surface area (Å²) in [4.78, 5) is 40.6. The van der Waals surface area contributed by atoms with Gasteiger partial charge in [0.1, 0.15) is 5.76 Å². The van der Waals surface area contributed by atoms with Gasteiger partial charge in [-0.05, 0) is 44.1 Å². The van der Waals surface area contributed by atoms with Crippen LogP contribution in [0.1, 0.15) is 42.1 Å². The van der Waals surface area contributed by atoms with Gasteiger partial charge in [-0.1, -0.05) is 43.7 Å². The number of nitro benzene ring substituents is 1.